The number of ether oxygens (including phenoxy) is 2. The Morgan fingerprint density at radius 2 is 1.79 bits per heavy atom. The maximum Gasteiger partial charge on any atom is 0.251 e. The molecule has 178 valence electrons. The van der Waals surface area contributed by atoms with Crippen molar-refractivity contribution in [1.82, 2.24) is 25.1 Å². The topological polar surface area (TPSA) is 103 Å². The van der Waals surface area contributed by atoms with E-state index in [1.54, 1.807) is 55.1 Å². The highest BCUT2D eigenvalue weighted by Gasteiger charge is 2.15. The molecule has 0 saturated heterocycles. The third-order valence-electron chi connectivity index (χ3n) is 4.72. The van der Waals surface area contributed by atoms with E-state index in [9.17, 15) is 4.79 Å². The minimum atomic E-state index is -0.214. The standard InChI is InChI=1S/C23H32N6O3S/c1-14(2)12-25-20-19-13-26-29(21(19)28-23(27-20)33-15(3)4)8-7-24-22(30)16-9-17(31-5)11-18(10-16)32-6/h9-11,13-15H,7-8,12H2,1-6H3,(H,24,30)(H,25,27,28). The third-order valence-corrected chi connectivity index (χ3v) is 5.58. The third kappa shape index (κ3) is 6.50. The Hall–Kier alpha value is -3.01. The monoisotopic (exact) mass is 472 g/mol. The van der Waals surface area contributed by atoms with Gasteiger partial charge in [-0.3, -0.25) is 4.79 Å². The van der Waals surface area contributed by atoms with Crippen LogP contribution in [0.3, 0.4) is 0 Å². The first-order valence-corrected chi connectivity index (χ1v) is 11.8. The number of benzene rings is 1. The second-order valence-electron chi connectivity index (χ2n) is 8.26. The van der Waals surface area contributed by atoms with Crippen LogP contribution in [0.2, 0.25) is 0 Å². The lowest BCUT2D eigenvalue weighted by molar-refractivity contribution is 0.0951. The van der Waals surface area contributed by atoms with Crippen molar-refractivity contribution in [3.8, 4) is 11.5 Å². The first-order valence-electron chi connectivity index (χ1n) is 11.0. The van der Waals surface area contributed by atoms with Crippen LogP contribution < -0.4 is 20.1 Å². The molecule has 2 aromatic heterocycles. The molecule has 0 bridgehead atoms. The van der Waals surface area contributed by atoms with Crippen LogP contribution in [-0.4, -0.2) is 58.2 Å². The summed E-state index contributed by atoms with van der Waals surface area (Å²) in [6.45, 7) is 10.2. The van der Waals surface area contributed by atoms with E-state index in [1.165, 1.54) is 0 Å². The molecule has 0 radical (unpaired) electrons. The van der Waals surface area contributed by atoms with Crippen molar-refractivity contribution in [2.75, 3.05) is 32.6 Å². The van der Waals surface area contributed by atoms with Crippen LogP contribution in [0.5, 0.6) is 11.5 Å². The highest BCUT2D eigenvalue weighted by atomic mass is 32.2. The fourth-order valence-electron chi connectivity index (χ4n) is 3.11. The zero-order chi connectivity index (χ0) is 24.0. The zero-order valence-corrected chi connectivity index (χ0v) is 20.8. The van der Waals surface area contributed by atoms with Crippen molar-refractivity contribution in [3.63, 3.8) is 0 Å². The number of methoxy groups -OCH3 is 2. The Balaban J connectivity index is 1.76. The lowest BCUT2D eigenvalue weighted by Crippen LogP contribution is -2.27. The minimum Gasteiger partial charge on any atom is -0.497 e. The van der Waals surface area contributed by atoms with E-state index < -0.39 is 0 Å². The van der Waals surface area contributed by atoms with Crippen LogP contribution in [-0.2, 0) is 6.54 Å². The van der Waals surface area contributed by atoms with Gasteiger partial charge in [-0.15, -0.1) is 0 Å². The smallest absolute Gasteiger partial charge is 0.251 e. The summed E-state index contributed by atoms with van der Waals surface area (Å²) in [5.74, 6) is 2.18. The fourth-order valence-corrected chi connectivity index (χ4v) is 3.82. The lowest BCUT2D eigenvalue weighted by Gasteiger charge is -2.12. The highest BCUT2D eigenvalue weighted by molar-refractivity contribution is 7.99. The second kappa shape index (κ2) is 11.2. The van der Waals surface area contributed by atoms with E-state index in [-0.39, 0.29) is 5.91 Å². The molecule has 2 heterocycles. The van der Waals surface area contributed by atoms with Crippen molar-refractivity contribution in [3.05, 3.63) is 30.0 Å². The molecule has 0 saturated carbocycles. The van der Waals surface area contributed by atoms with Crippen molar-refractivity contribution in [2.45, 2.75) is 44.6 Å². The molecule has 33 heavy (non-hydrogen) atoms. The summed E-state index contributed by atoms with van der Waals surface area (Å²) in [5, 5.41) is 12.8. The molecule has 0 atom stereocenters. The number of hydrogen-bond donors (Lipinski definition) is 2. The van der Waals surface area contributed by atoms with Crippen LogP contribution in [0, 0.1) is 5.92 Å². The van der Waals surface area contributed by atoms with Crippen molar-refractivity contribution in [1.29, 1.82) is 0 Å². The summed E-state index contributed by atoms with van der Waals surface area (Å²) in [7, 11) is 3.11. The van der Waals surface area contributed by atoms with E-state index in [0.29, 0.717) is 46.5 Å². The van der Waals surface area contributed by atoms with Crippen molar-refractivity contribution < 1.29 is 14.3 Å². The average molecular weight is 473 g/mol. The number of thioether (sulfide) groups is 1. The van der Waals surface area contributed by atoms with Gasteiger partial charge < -0.3 is 20.1 Å². The second-order valence-corrected chi connectivity index (χ2v) is 9.80. The molecular weight excluding hydrogens is 440 g/mol. The molecule has 1 aromatic carbocycles. The van der Waals surface area contributed by atoms with E-state index in [4.69, 9.17) is 19.4 Å². The number of fused-ring (bicyclic) bond motifs is 1. The van der Waals surface area contributed by atoms with Gasteiger partial charge in [0, 0.05) is 30.0 Å². The van der Waals surface area contributed by atoms with Gasteiger partial charge in [-0.25, -0.2) is 14.6 Å². The Labute approximate surface area is 198 Å². The summed E-state index contributed by atoms with van der Waals surface area (Å²) < 4.78 is 12.3. The number of nitrogens with one attached hydrogen (secondary N) is 2. The van der Waals surface area contributed by atoms with Gasteiger partial charge in [0.25, 0.3) is 5.91 Å². The number of carbonyl (C=O) groups excluding carboxylic acids is 1. The van der Waals surface area contributed by atoms with E-state index in [1.807, 2.05) is 0 Å². The molecular formula is C23H32N6O3S. The number of nitrogens with zero attached hydrogens (tertiary/aromatic N) is 4. The molecule has 0 aliphatic heterocycles. The number of anilines is 1. The fraction of sp³-hybridized carbons (Fsp3) is 0.478. The summed E-state index contributed by atoms with van der Waals surface area (Å²) in [6.07, 6.45) is 1.77. The maximum atomic E-state index is 12.7. The summed E-state index contributed by atoms with van der Waals surface area (Å²) in [4.78, 5) is 22.1. The Morgan fingerprint density at radius 1 is 1.09 bits per heavy atom. The van der Waals surface area contributed by atoms with Gasteiger partial charge >= 0.3 is 0 Å². The molecule has 0 spiro atoms. The van der Waals surface area contributed by atoms with Gasteiger partial charge in [-0.05, 0) is 18.1 Å². The Morgan fingerprint density at radius 3 is 2.39 bits per heavy atom. The quantitative estimate of drug-likeness (QED) is 0.320. The Kier molecular flexibility index (Phi) is 8.37. The van der Waals surface area contributed by atoms with Gasteiger partial charge in [-0.2, -0.15) is 5.10 Å². The van der Waals surface area contributed by atoms with E-state index >= 15 is 0 Å². The molecule has 0 aliphatic carbocycles. The highest BCUT2D eigenvalue weighted by Crippen LogP contribution is 2.27. The molecule has 3 aromatic rings. The first kappa shape index (κ1) is 24.6. The molecule has 0 unspecified atom stereocenters. The van der Waals surface area contributed by atoms with Gasteiger partial charge in [0.15, 0.2) is 10.8 Å². The van der Waals surface area contributed by atoms with Gasteiger partial charge in [0.2, 0.25) is 0 Å². The molecule has 2 N–H and O–H groups in total. The predicted molar refractivity (Wildman–Crippen MR) is 132 cm³/mol. The first-order chi connectivity index (χ1) is 15.8. The molecule has 0 aliphatic rings. The Bertz CT molecular complexity index is 1080. The number of hydrogen-bond acceptors (Lipinski definition) is 8. The van der Waals surface area contributed by atoms with Crippen LogP contribution >= 0.6 is 11.8 Å². The molecule has 9 nitrogen and oxygen atoms in total. The van der Waals surface area contributed by atoms with Crippen molar-refractivity contribution in [2.24, 2.45) is 5.92 Å². The summed E-state index contributed by atoms with van der Waals surface area (Å²) in [5.41, 5.74) is 1.21. The predicted octanol–water partition coefficient (Wildman–Crippen LogP) is 3.84. The number of carbonyl (C=O) groups is 1. The zero-order valence-electron chi connectivity index (χ0n) is 20.0. The minimum absolute atomic E-state index is 0.214. The SMILES string of the molecule is COc1cc(OC)cc(C(=O)NCCn2ncc3c(NCC(C)C)nc(SC(C)C)nc32)c1. The van der Waals surface area contributed by atoms with E-state index in [2.05, 4.69) is 43.4 Å². The van der Waals surface area contributed by atoms with Crippen LogP contribution in [0.4, 0.5) is 5.82 Å². The van der Waals surface area contributed by atoms with Crippen LogP contribution in [0.25, 0.3) is 11.0 Å². The normalized spacial score (nSPS) is 11.3. The van der Waals surface area contributed by atoms with E-state index in [0.717, 1.165) is 23.4 Å². The maximum absolute atomic E-state index is 12.7. The lowest BCUT2D eigenvalue weighted by atomic mass is 10.2. The van der Waals surface area contributed by atoms with Gasteiger partial charge in [0.1, 0.15) is 17.3 Å². The number of rotatable bonds is 11. The summed E-state index contributed by atoms with van der Waals surface area (Å²) in [6, 6.07) is 5.08. The number of aromatic nitrogens is 4. The molecule has 1 amide bonds. The van der Waals surface area contributed by atoms with Crippen LogP contribution in [0.1, 0.15) is 38.1 Å². The van der Waals surface area contributed by atoms with Gasteiger partial charge in [0.05, 0.1) is 32.3 Å². The van der Waals surface area contributed by atoms with Crippen molar-refractivity contribution >= 4 is 34.5 Å². The largest absolute Gasteiger partial charge is 0.497 e. The molecule has 3 rings (SSSR count). The average Bonchev–Trinajstić information content (AvgIpc) is 3.19. The van der Waals surface area contributed by atoms with Crippen LogP contribution in [0.15, 0.2) is 29.6 Å². The molecule has 10 heteroatoms. The summed E-state index contributed by atoms with van der Waals surface area (Å²) >= 11 is 1.61. The van der Waals surface area contributed by atoms with Gasteiger partial charge in [-0.1, -0.05) is 39.5 Å². The molecule has 0 fully saturated rings. The number of amides is 1.